The zero-order valence-corrected chi connectivity index (χ0v) is 29.7. The molecule has 268 valence electrons. The van der Waals surface area contributed by atoms with Crippen molar-refractivity contribution in [3.63, 3.8) is 0 Å². The average Bonchev–Trinajstić information content (AvgIpc) is 3.51. The molecule has 3 heterocycles. The van der Waals surface area contributed by atoms with E-state index in [1.54, 1.807) is 17.2 Å². The Morgan fingerprint density at radius 3 is 2.54 bits per heavy atom. The number of nitrogens with zero attached hydrogens (tertiary/aromatic N) is 6. The predicted octanol–water partition coefficient (Wildman–Crippen LogP) is 6.18. The van der Waals surface area contributed by atoms with Crippen molar-refractivity contribution < 1.29 is 33.8 Å². The van der Waals surface area contributed by atoms with Gasteiger partial charge in [-0.15, -0.1) is 0 Å². The number of aliphatic carboxylic acids is 1. The number of ether oxygens (including phenoxy) is 2. The van der Waals surface area contributed by atoms with Gasteiger partial charge in [0.2, 0.25) is 5.91 Å². The Labute approximate surface area is 293 Å². The normalized spacial score (nSPS) is 16.4. The van der Waals surface area contributed by atoms with Crippen molar-refractivity contribution >= 4 is 40.8 Å². The Hall–Kier alpha value is -4.99. The van der Waals surface area contributed by atoms with E-state index < -0.39 is 12.1 Å². The fraction of sp³-hybridized carbons (Fsp3) is 0.541. The number of likely N-dealkylation sites (tertiary alicyclic amines) is 1. The molecule has 1 aliphatic rings. The van der Waals surface area contributed by atoms with Gasteiger partial charge in [-0.05, 0) is 73.4 Å². The Morgan fingerprint density at radius 2 is 1.84 bits per heavy atom. The summed E-state index contributed by atoms with van der Waals surface area (Å²) in [6, 6.07) is 7.34. The summed E-state index contributed by atoms with van der Waals surface area (Å²) in [5.74, 6) is 0.306. The van der Waals surface area contributed by atoms with E-state index in [1.165, 1.54) is 10.9 Å². The lowest BCUT2D eigenvalue weighted by Crippen LogP contribution is -2.52. The third kappa shape index (κ3) is 9.80. The number of esters is 1. The van der Waals surface area contributed by atoms with E-state index in [2.05, 4.69) is 16.9 Å². The van der Waals surface area contributed by atoms with Crippen LogP contribution in [0.15, 0.2) is 30.7 Å². The third-order valence-corrected chi connectivity index (χ3v) is 9.44. The summed E-state index contributed by atoms with van der Waals surface area (Å²) >= 11 is 0. The number of carboxylic acid groups (broad SMARTS) is 1. The molecule has 1 aliphatic heterocycles. The summed E-state index contributed by atoms with van der Waals surface area (Å²) < 4.78 is 12.7. The number of nitriles is 1. The minimum absolute atomic E-state index is 0.00346. The first-order chi connectivity index (χ1) is 23.9. The highest BCUT2D eigenvalue weighted by atomic mass is 16.6. The quantitative estimate of drug-likeness (QED) is 0.110. The largest absolute Gasteiger partial charge is 0.481 e. The zero-order valence-electron chi connectivity index (χ0n) is 29.7. The molecule has 1 saturated heterocycles. The van der Waals surface area contributed by atoms with E-state index in [0.717, 1.165) is 48.8 Å². The second-order valence-corrected chi connectivity index (χ2v) is 13.5. The average molecular weight is 689 g/mol. The standard InChI is InChI=1S/C37H48N6O7/c1-24(18-32(45)46)10-8-6-7-9-11-33(47)50-34-26(3)19-28(20-27(34)4)22-49-37(48)43-17-14-29-35(39-23-40-36(29)43)41(5)30-21-42(16-13-25(30)2)31(44)12-15-38/h14,17,19-20,23-25,30H,6-13,16,18,21-22H2,1-5H3,(H,45,46)/t24?,25-,30+/m1/s1. The minimum atomic E-state index is -0.770. The van der Waals surface area contributed by atoms with Crippen LogP contribution in [0.3, 0.4) is 0 Å². The number of rotatable bonds is 15. The first-order valence-corrected chi connectivity index (χ1v) is 17.3. The fourth-order valence-corrected chi connectivity index (χ4v) is 6.66. The summed E-state index contributed by atoms with van der Waals surface area (Å²) in [6.45, 7) is 8.86. The Kier molecular flexibility index (Phi) is 13.3. The topological polar surface area (TPSA) is 168 Å². The van der Waals surface area contributed by atoms with Gasteiger partial charge in [0.15, 0.2) is 5.65 Å². The summed E-state index contributed by atoms with van der Waals surface area (Å²) in [4.78, 5) is 61.6. The molecule has 0 spiro atoms. The predicted molar refractivity (Wildman–Crippen MR) is 187 cm³/mol. The van der Waals surface area contributed by atoms with E-state index in [-0.39, 0.29) is 49.2 Å². The lowest BCUT2D eigenvalue weighted by Gasteiger charge is -2.42. The second kappa shape index (κ2) is 17.6. The molecule has 3 aromatic rings. The minimum Gasteiger partial charge on any atom is -0.481 e. The van der Waals surface area contributed by atoms with E-state index in [9.17, 15) is 19.2 Å². The molecule has 50 heavy (non-hydrogen) atoms. The number of amides is 1. The molecule has 13 heteroatoms. The first-order valence-electron chi connectivity index (χ1n) is 17.3. The number of likely N-dealkylation sites (N-methyl/N-ethyl adjacent to an activating group) is 1. The summed E-state index contributed by atoms with van der Waals surface area (Å²) in [7, 11) is 1.92. The number of benzene rings is 1. The van der Waals surface area contributed by atoms with Crippen LogP contribution in [0.1, 0.15) is 88.3 Å². The van der Waals surface area contributed by atoms with Crippen molar-refractivity contribution in [2.24, 2.45) is 11.8 Å². The second-order valence-electron chi connectivity index (χ2n) is 13.5. The van der Waals surface area contributed by atoms with Crippen molar-refractivity contribution in [3.05, 3.63) is 47.4 Å². The van der Waals surface area contributed by atoms with E-state index >= 15 is 0 Å². The van der Waals surface area contributed by atoms with E-state index in [4.69, 9.17) is 19.8 Å². The van der Waals surface area contributed by atoms with Gasteiger partial charge in [0.1, 0.15) is 30.9 Å². The Morgan fingerprint density at radius 1 is 1.12 bits per heavy atom. The summed E-state index contributed by atoms with van der Waals surface area (Å²) in [6.07, 6.45) is 7.87. The molecule has 3 atom stereocenters. The molecule has 0 aliphatic carbocycles. The number of carboxylic acids is 1. The van der Waals surface area contributed by atoms with Gasteiger partial charge in [0, 0.05) is 39.2 Å². The van der Waals surface area contributed by atoms with Crippen LogP contribution in [0.2, 0.25) is 0 Å². The lowest BCUT2D eigenvalue weighted by atomic mass is 9.92. The number of carbonyl (C=O) groups excluding carboxylic acids is 3. The van der Waals surface area contributed by atoms with Gasteiger partial charge in [-0.25, -0.2) is 19.3 Å². The van der Waals surface area contributed by atoms with Gasteiger partial charge in [-0.3, -0.25) is 14.4 Å². The molecule has 0 bridgehead atoms. The maximum absolute atomic E-state index is 13.2. The van der Waals surface area contributed by atoms with Crippen molar-refractivity contribution in [2.45, 2.75) is 98.1 Å². The highest BCUT2D eigenvalue weighted by molar-refractivity contribution is 5.93. The van der Waals surface area contributed by atoms with Gasteiger partial charge in [-0.2, -0.15) is 5.26 Å². The van der Waals surface area contributed by atoms with Gasteiger partial charge in [0.05, 0.1) is 17.5 Å². The van der Waals surface area contributed by atoms with Crippen molar-refractivity contribution in [2.75, 3.05) is 25.0 Å². The number of carbonyl (C=O) groups is 4. The van der Waals surface area contributed by atoms with Gasteiger partial charge >= 0.3 is 18.0 Å². The summed E-state index contributed by atoms with van der Waals surface area (Å²) in [5.41, 5.74) is 2.66. The first kappa shape index (κ1) is 37.8. The zero-order chi connectivity index (χ0) is 36.4. The molecular weight excluding hydrogens is 640 g/mol. The fourth-order valence-electron chi connectivity index (χ4n) is 6.66. The number of aryl methyl sites for hydroxylation is 2. The molecule has 1 fully saturated rings. The van der Waals surface area contributed by atoms with Crippen molar-refractivity contribution in [3.8, 4) is 11.8 Å². The van der Waals surface area contributed by atoms with Gasteiger partial charge < -0.3 is 24.4 Å². The number of anilines is 1. The van der Waals surface area contributed by atoms with Crippen LogP contribution in [0.25, 0.3) is 11.0 Å². The summed E-state index contributed by atoms with van der Waals surface area (Å²) in [5, 5.41) is 18.5. The van der Waals surface area contributed by atoms with Crippen LogP contribution in [0, 0.1) is 37.0 Å². The Bertz CT molecular complexity index is 1710. The number of hydrogen-bond acceptors (Lipinski definition) is 10. The SMILES string of the molecule is Cc1cc(COC(=O)n2ccc3c(N(C)[C@H]4CN(C(=O)CC#N)CC[C@H]4C)ncnc32)cc(C)c1OC(=O)CCCCCCC(C)CC(=O)O. The van der Waals surface area contributed by atoms with E-state index in [0.29, 0.717) is 48.5 Å². The maximum Gasteiger partial charge on any atom is 0.420 e. The van der Waals surface area contributed by atoms with Gasteiger partial charge in [-0.1, -0.05) is 39.5 Å². The number of aromatic nitrogens is 3. The number of unbranched alkanes of at least 4 members (excludes halogenated alkanes) is 3. The van der Waals surface area contributed by atoms with Crippen LogP contribution in [0.4, 0.5) is 10.6 Å². The van der Waals surface area contributed by atoms with Crippen LogP contribution in [0.5, 0.6) is 5.75 Å². The lowest BCUT2D eigenvalue weighted by molar-refractivity contribution is -0.138. The molecular formula is C37H48N6O7. The number of fused-ring (bicyclic) bond motifs is 1. The van der Waals surface area contributed by atoms with Crippen LogP contribution >= 0.6 is 0 Å². The molecule has 1 aromatic carbocycles. The van der Waals surface area contributed by atoms with Crippen LogP contribution in [-0.4, -0.2) is 74.7 Å². The molecule has 1 N–H and O–H groups in total. The third-order valence-electron chi connectivity index (χ3n) is 9.44. The molecule has 1 amide bonds. The maximum atomic E-state index is 13.2. The van der Waals surface area contributed by atoms with Crippen LogP contribution in [-0.2, 0) is 25.7 Å². The number of hydrogen-bond donors (Lipinski definition) is 1. The molecule has 0 saturated carbocycles. The van der Waals surface area contributed by atoms with Crippen molar-refractivity contribution in [1.29, 1.82) is 5.26 Å². The van der Waals surface area contributed by atoms with Gasteiger partial charge in [0.25, 0.3) is 0 Å². The molecule has 2 aromatic heterocycles. The van der Waals surface area contributed by atoms with E-state index in [1.807, 2.05) is 50.9 Å². The monoisotopic (exact) mass is 688 g/mol. The highest BCUT2D eigenvalue weighted by Crippen LogP contribution is 2.30. The molecule has 0 radical (unpaired) electrons. The molecule has 1 unspecified atom stereocenters. The van der Waals surface area contributed by atoms with Crippen LogP contribution < -0.4 is 9.64 Å². The highest BCUT2D eigenvalue weighted by Gasteiger charge is 2.33. The molecule has 4 rings (SSSR count). The smallest absolute Gasteiger partial charge is 0.420 e. The van der Waals surface area contributed by atoms with Crippen molar-refractivity contribution in [1.82, 2.24) is 19.4 Å². The molecule has 13 nitrogen and oxygen atoms in total. The number of piperidine rings is 1. The Balaban J connectivity index is 1.32.